The fourth-order valence-corrected chi connectivity index (χ4v) is 3.46. The van der Waals surface area contributed by atoms with E-state index in [4.69, 9.17) is 5.73 Å². The quantitative estimate of drug-likeness (QED) is 0.906. The first-order chi connectivity index (χ1) is 9.53. The lowest BCUT2D eigenvalue weighted by molar-refractivity contribution is -0.147. The number of carbonyl (C=O) groups is 1. The molecule has 0 spiro atoms. The summed E-state index contributed by atoms with van der Waals surface area (Å²) in [4.78, 5) is 21.0. The fourth-order valence-electron chi connectivity index (χ4n) is 2.63. The van der Waals surface area contributed by atoms with Gasteiger partial charge in [-0.25, -0.2) is 4.98 Å². The second kappa shape index (κ2) is 4.56. The van der Waals surface area contributed by atoms with Gasteiger partial charge in [-0.15, -0.1) is 0 Å². The Morgan fingerprint density at radius 2 is 2.25 bits per heavy atom. The van der Waals surface area contributed by atoms with E-state index in [2.05, 4.69) is 9.97 Å². The van der Waals surface area contributed by atoms with Gasteiger partial charge in [-0.2, -0.15) is 0 Å². The first-order valence-electron chi connectivity index (χ1n) is 6.46. The molecule has 1 aliphatic rings. The molecule has 104 valence electrons. The molecule has 0 aromatic carbocycles. The van der Waals surface area contributed by atoms with Crippen molar-refractivity contribution in [3.63, 3.8) is 0 Å². The van der Waals surface area contributed by atoms with E-state index in [0.717, 1.165) is 22.6 Å². The Hall–Kier alpha value is -1.95. The molecule has 3 rings (SSSR count). The number of aromatic nitrogens is 2. The lowest BCUT2D eigenvalue weighted by atomic mass is 9.66. The van der Waals surface area contributed by atoms with E-state index >= 15 is 0 Å². The number of rotatable bonds is 3. The SMILES string of the molecule is Cc1nc(N)sc1-c1ccnc(C2(C(=O)O)CCC2)c1. The highest BCUT2D eigenvalue weighted by Crippen LogP contribution is 2.44. The van der Waals surface area contributed by atoms with Crippen molar-refractivity contribution < 1.29 is 9.90 Å². The van der Waals surface area contributed by atoms with Gasteiger partial charge in [0.15, 0.2) is 5.13 Å². The smallest absolute Gasteiger partial charge is 0.315 e. The third-order valence-electron chi connectivity index (χ3n) is 3.94. The van der Waals surface area contributed by atoms with E-state index in [1.807, 2.05) is 19.1 Å². The average molecular weight is 289 g/mol. The predicted molar refractivity (Wildman–Crippen MR) is 77.7 cm³/mol. The maximum Gasteiger partial charge on any atom is 0.315 e. The third-order valence-corrected chi connectivity index (χ3v) is 4.98. The zero-order valence-corrected chi connectivity index (χ0v) is 11.9. The topological polar surface area (TPSA) is 89.1 Å². The predicted octanol–water partition coefficient (Wildman–Crippen LogP) is 2.60. The van der Waals surface area contributed by atoms with Crippen LogP contribution in [0.15, 0.2) is 18.3 Å². The monoisotopic (exact) mass is 289 g/mol. The molecule has 20 heavy (non-hydrogen) atoms. The second-order valence-corrected chi connectivity index (χ2v) is 6.17. The van der Waals surface area contributed by atoms with Crippen molar-refractivity contribution in [2.75, 3.05) is 5.73 Å². The molecule has 2 heterocycles. The Morgan fingerprint density at radius 3 is 2.75 bits per heavy atom. The summed E-state index contributed by atoms with van der Waals surface area (Å²) in [6, 6.07) is 3.74. The number of nitrogens with two attached hydrogens (primary N) is 1. The Morgan fingerprint density at radius 1 is 1.50 bits per heavy atom. The van der Waals surface area contributed by atoms with Crippen LogP contribution >= 0.6 is 11.3 Å². The molecular weight excluding hydrogens is 274 g/mol. The summed E-state index contributed by atoms with van der Waals surface area (Å²) in [6.07, 6.45) is 3.92. The van der Waals surface area contributed by atoms with Crippen LogP contribution in [0.4, 0.5) is 5.13 Å². The Kier molecular flexibility index (Phi) is 2.97. The van der Waals surface area contributed by atoms with Crippen LogP contribution in [0, 0.1) is 6.92 Å². The number of hydrogen-bond donors (Lipinski definition) is 2. The summed E-state index contributed by atoms with van der Waals surface area (Å²) in [7, 11) is 0. The van der Waals surface area contributed by atoms with Crippen LogP contribution in [0.25, 0.3) is 10.4 Å². The molecule has 0 aliphatic heterocycles. The molecule has 0 radical (unpaired) electrons. The van der Waals surface area contributed by atoms with E-state index < -0.39 is 11.4 Å². The van der Waals surface area contributed by atoms with Crippen LogP contribution in [-0.4, -0.2) is 21.0 Å². The maximum absolute atomic E-state index is 11.6. The number of pyridine rings is 1. The minimum atomic E-state index is -0.805. The number of hydrogen-bond acceptors (Lipinski definition) is 5. The number of aryl methyl sites for hydroxylation is 1. The first kappa shape index (κ1) is 13.1. The molecule has 3 N–H and O–H groups in total. The van der Waals surface area contributed by atoms with Gasteiger partial charge in [-0.1, -0.05) is 17.8 Å². The van der Waals surface area contributed by atoms with Crippen LogP contribution in [0.3, 0.4) is 0 Å². The summed E-state index contributed by atoms with van der Waals surface area (Å²) < 4.78 is 0. The second-order valence-electron chi connectivity index (χ2n) is 5.14. The number of carboxylic acid groups (broad SMARTS) is 1. The number of nitrogen functional groups attached to an aromatic ring is 1. The average Bonchev–Trinajstić information content (AvgIpc) is 2.67. The van der Waals surface area contributed by atoms with Crippen LogP contribution in [0.5, 0.6) is 0 Å². The van der Waals surface area contributed by atoms with Gasteiger partial charge in [-0.3, -0.25) is 9.78 Å². The lowest BCUT2D eigenvalue weighted by Gasteiger charge is -2.37. The van der Waals surface area contributed by atoms with Gasteiger partial charge in [0.05, 0.1) is 16.3 Å². The number of aliphatic carboxylic acids is 1. The van der Waals surface area contributed by atoms with Crippen molar-refractivity contribution in [3.05, 3.63) is 29.7 Å². The zero-order valence-electron chi connectivity index (χ0n) is 11.1. The zero-order chi connectivity index (χ0) is 14.3. The van der Waals surface area contributed by atoms with Gasteiger partial charge in [0, 0.05) is 6.20 Å². The first-order valence-corrected chi connectivity index (χ1v) is 7.28. The summed E-state index contributed by atoms with van der Waals surface area (Å²) in [5, 5.41) is 10.0. The van der Waals surface area contributed by atoms with Crippen LogP contribution < -0.4 is 5.73 Å². The normalized spacial score (nSPS) is 16.6. The van der Waals surface area contributed by atoms with Crippen molar-refractivity contribution >= 4 is 22.4 Å². The Bertz CT molecular complexity index is 677. The molecule has 0 amide bonds. The van der Waals surface area contributed by atoms with Gasteiger partial charge in [0.1, 0.15) is 5.41 Å². The standard InChI is InChI=1S/C14H15N3O2S/c1-8-11(20-13(15)17-8)9-3-6-16-10(7-9)14(12(18)19)4-2-5-14/h3,6-7H,2,4-5H2,1H3,(H2,15,17)(H,18,19). The highest BCUT2D eigenvalue weighted by molar-refractivity contribution is 7.18. The van der Waals surface area contributed by atoms with E-state index in [9.17, 15) is 9.90 Å². The molecule has 1 saturated carbocycles. The van der Waals surface area contributed by atoms with Crippen molar-refractivity contribution in [1.29, 1.82) is 0 Å². The highest BCUT2D eigenvalue weighted by Gasteiger charge is 2.47. The molecule has 0 atom stereocenters. The minimum Gasteiger partial charge on any atom is -0.481 e. The van der Waals surface area contributed by atoms with Gasteiger partial charge < -0.3 is 10.8 Å². The Labute approximate surface area is 120 Å². The summed E-state index contributed by atoms with van der Waals surface area (Å²) >= 11 is 1.41. The number of carboxylic acids is 1. The van der Waals surface area contributed by atoms with Crippen LogP contribution in [0.2, 0.25) is 0 Å². The van der Waals surface area contributed by atoms with E-state index in [0.29, 0.717) is 23.7 Å². The largest absolute Gasteiger partial charge is 0.481 e. The third kappa shape index (κ3) is 1.87. The molecule has 2 aromatic heterocycles. The van der Waals surface area contributed by atoms with Gasteiger partial charge in [-0.05, 0) is 37.5 Å². The van der Waals surface area contributed by atoms with Crippen LogP contribution in [-0.2, 0) is 10.2 Å². The van der Waals surface area contributed by atoms with Crippen LogP contribution in [0.1, 0.15) is 30.7 Å². The van der Waals surface area contributed by atoms with E-state index in [1.165, 1.54) is 11.3 Å². The lowest BCUT2D eigenvalue weighted by Crippen LogP contribution is -2.43. The molecule has 1 aliphatic carbocycles. The molecule has 5 nitrogen and oxygen atoms in total. The minimum absolute atomic E-state index is 0.521. The molecule has 0 unspecified atom stereocenters. The molecule has 2 aromatic rings. The number of anilines is 1. The van der Waals surface area contributed by atoms with Crippen molar-refractivity contribution in [1.82, 2.24) is 9.97 Å². The van der Waals surface area contributed by atoms with E-state index in [-0.39, 0.29) is 0 Å². The van der Waals surface area contributed by atoms with Crippen molar-refractivity contribution in [3.8, 4) is 10.4 Å². The Balaban J connectivity index is 2.06. The van der Waals surface area contributed by atoms with Crippen molar-refractivity contribution in [2.24, 2.45) is 0 Å². The van der Waals surface area contributed by atoms with Crippen molar-refractivity contribution in [2.45, 2.75) is 31.6 Å². The fraction of sp³-hybridized carbons (Fsp3) is 0.357. The van der Waals surface area contributed by atoms with E-state index in [1.54, 1.807) is 6.20 Å². The molecule has 6 heteroatoms. The molecule has 0 saturated heterocycles. The molecule has 1 fully saturated rings. The number of nitrogens with zero attached hydrogens (tertiary/aromatic N) is 2. The summed E-state index contributed by atoms with van der Waals surface area (Å²) in [6.45, 7) is 1.90. The summed E-state index contributed by atoms with van der Waals surface area (Å²) in [5.41, 5.74) is 7.36. The summed E-state index contributed by atoms with van der Waals surface area (Å²) in [5.74, 6) is -0.783. The molecular formula is C14H15N3O2S. The van der Waals surface area contributed by atoms with Gasteiger partial charge in [0.25, 0.3) is 0 Å². The maximum atomic E-state index is 11.6. The highest BCUT2D eigenvalue weighted by atomic mass is 32.1. The van der Waals surface area contributed by atoms with Gasteiger partial charge in [0.2, 0.25) is 0 Å². The van der Waals surface area contributed by atoms with Gasteiger partial charge >= 0.3 is 5.97 Å². The number of thiazole rings is 1. The molecule has 0 bridgehead atoms.